The number of nitrogen functional groups attached to an aromatic ring is 1. The summed E-state index contributed by atoms with van der Waals surface area (Å²) in [6.07, 6.45) is -0.846. The van der Waals surface area contributed by atoms with E-state index in [4.69, 9.17) is 15.9 Å². The highest BCUT2D eigenvalue weighted by Crippen LogP contribution is 2.41. The van der Waals surface area contributed by atoms with Gasteiger partial charge in [-0.3, -0.25) is 15.3 Å². The molecular formula is C24H25F3N6O2. The quantitative estimate of drug-likeness (QED) is 0.385. The predicted molar refractivity (Wildman–Crippen MR) is 124 cm³/mol. The summed E-state index contributed by atoms with van der Waals surface area (Å²) in [4.78, 5) is 19.4. The van der Waals surface area contributed by atoms with E-state index in [-0.39, 0.29) is 34.3 Å². The topological polar surface area (TPSA) is 121 Å². The van der Waals surface area contributed by atoms with Crippen molar-refractivity contribution in [3.63, 3.8) is 0 Å². The number of halogens is 3. The molecule has 3 heterocycles. The number of pyridine rings is 1. The van der Waals surface area contributed by atoms with E-state index in [2.05, 4.69) is 15.2 Å². The summed E-state index contributed by atoms with van der Waals surface area (Å²) in [6, 6.07) is 3.18. The van der Waals surface area contributed by atoms with E-state index in [1.54, 1.807) is 17.0 Å². The molecule has 0 saturated carbocycles. The zero-order valence-electron chi connectivity index (χ0n) is 19.1. The summed E-state index contributed by atoms with van der Waals surface area (Å²) in [5, 5.41) is 15.1. The van der Waals surface area contributed by atoms with Crippen LogP contribution in [0.2, 0.25) is 0 Å². The molecule has 1 atom stereocenters. The average Bonchev–Trinajstić information content (AvgIpc) is 3.33. The molecule has 1 saturated heterocycles. The van der Waals surface area contributed by atoms with Crippen LogP contribution in [0.5, 0.6) is 0 Å². The number of aryl methyl sites for hydroxylation is 1. The van der Waals surface area contributed by atoms with Gasteiger partial charge in [0.25, 0.3) is 5.91 Å². The standard InChI is InChI=1S/C24H25F3N6O2/c1-12-11-33(8-9-35-12)23(34)20(29)19-16(28)6-7-17-18(19)13-4-2-3-5-14(13)21(31-17)15-10-30-32-22(15)24(25,26)27/h6-7,10,12,29H,2-5,8-9,11,28H2,1H3,(H,30,32). The number of alkyl halides is 3. The molecule has 4 N–H and O–H groups in total. The molecule has 1 amide bonds. The number of nitrogens with two attached hydrogens (primary N) is 1. The molecule has 11 heteroatoms. The second-order valence-electron chi connectivity index (χ2n) is 9.01. The Labute approximate surface area is 199 Å². The summed E-state index contributed by atoms with van der Waals surface area (Å²) < 4.78 is 46.4. The Morgan fingerprint density at radius 3 is 2.71 bits per heavy atom. The Bertz CT molecular complexity index is 1330. The van der Waals surface area contributed by atoms with Gasteiger partial charge in [-0.25, -0.2) is 4.98 Å². The second kappa shape index (κ2) is 8.63. The summed E-state index contributed by atoms with van der Waals surface area (Å²) >= 11 is 0. The van der Waals surface area contributed by atoms with Gasteiger partial charge in [0.2, 0.25) is 0 Å². The van der Waals surface area contributed by atoms with Crippen LogP contribution in [0.4, 0.5) is 18.9 Å². The smallest absolute Gasteiger partial charge is 0.398 e. The molecule has 1 unspecified atom stereocenters. The number of nitrogens with one attached hydrogen (secondary N) is 2. The molecule has 1 aromatic carbocycles. The zero-order chi connectivity index (χ0) is 24.9. The molecule has 3 aromatic rings. The Kier molecular flexibility index (Phi) is 5.74. The maximum Gasteiger partial charge on any atom is 0.433 e. The number of hydrogen-bond acceptors (Lipinski definition) is 6. The van der Waals surface area contributed by atoms with Gasteiger partial charge in [0, 0.05) is 29.7 Å². The van der Waals surface area contributed by atoms with Gasteiger partial charge in [-0.15, -0.1) is 0 Å². The first-order valence-electron chi connectivity index (χ1n) is 11.5. The van der Waals surface area contributed by atoms with Gasteiger partial charge in [0.15, 0.2) is 0 Å². The number of anilines is 1. The first-order valence-corrected chi connectivity index (χ1v) is 11.5. The third-order valence-electron chi connectivity index (χ3n) is 6.67. The van der Waals surface area contributed by atoms with Gasteiger partial charge >= 0.3 is 6.18 Å². The van der Waals surface area contributed by atoms with E-state index in [0.29, 0.717) is 49.0 Å². The van der Waals surface area contributed by atoms with Crippen LogP contribution >= 0.6 is 0 Å². The van der Waals surface area contributed by atoms with Crippen molar-refractivity contribution < 1.29 is 22.7 Å². The van der Waals surface area contributed by atoms with Crippen molar-refractivity contribution in [2.75, 3.05) is 25.4 Å². The van der Waals surface area contributed by atoms with Crippen molar-refractivity contribution in [1.82, 2.24) is 20.1 Å². The first-order chi connectivity index (χ1) is 16.7. The van der Waals surface area contributed by atoms with Gasteiger partial charge in [-0.05, 0) is 55.9 Å². The van der Waals surface area contributed by atoms with Crippen LogP contribution in [0, 0.1) is 5.41 Å². The fraction of sp³-hybridized carbons (Fsp3) is 0.417. The summed E-state index contributed by atoms with van der Waals surface area (Å²) in [6.45, 7) is 2.99. The lowest BCUT2D eigenvalue weighted by molar-refractivity contribution is -0.140. The van der Waals surface area contributed by atoms with E-state index >= 15 is 0 Å². The fourth-order valence-electron chi connectivity index (χ4n) is 5.08. The molecule has 2 aromatic heterocycles. The van der Waals surface area contributed by atoms with Crippen LogP contribution in [-0.4, -0.2) is 57.5 Å². The number of hydrogen-bond donors (Lipinski definition) is 3. The predicted octanol–water partition coefficient (Wildman–Crippen LogP) is 3.72. The minimum absolute atomic E-state index is 0.107. The minimum Gasteiger partial charge on any atom is -0.398 e. The number of H-pyrrole nitrogens is 1. The first kappa shape index (κ1) is 23.3. The number of carbonyl (C=O) groups excluding carboxylic acids is 1. The van der Waals surface area contributed by atoms with Gasteiger partial charge in [0.05, 0.1) is 35.7 Å². The number of benzene rings is 1. The van der Waals surface area contributed by atoms with Crippen molar-refractivity contribution in [1.29, 1.82) is 5.41 Å². The van der Waals surface area contributed by atoms with Crippen LogP contribution in [0.3, 0.4) is 0 Å². The highest BCUT2D eigenvalue weighted by atomic mass is 19.4. The number of aromatic nitrogens is 3. The maximum absolute atomic E-state index is 13.6. The number of aromatic amines is 1. The fourth-order valence-corrected chi connectivity index (χ4v) is 5.08. The minimum atomic E-state index is -4.61. The van der Waals surface area contributed by atoms with Crippen molar-refractivity contribution >= 4 is 28.2 Å². The maximum atomic E-state index is 13.6. The summed E-state index contributed by atoms with van der Waals surface area (Å²) in [7, 11) is 0. The number of ether oxygens (including phenoxy) is 1. The third-order valence-corrected chi connectivity index (χ3v) is 6.67. The second-order valence-corrected chi connectivity index (χ2v) is 9.01. The van der Waals surface area contributed by atoms with Gasteiger partial charge in [0.1, 0.15) is 11.4 Å². The Morgan fingerprint density at radius 1 is 1.26 bits per heavy atom. The van der Waals surface area contributed by atoms with Gasteiger partial charge in [-0.2, -0.15) is 18.3 Å². The van der Waals surface area contributed by atoms with E-state index in [0.717, 1.165) is 24.6 Å². The lowest BCUT2D eigenvalue weighted by Crippen LogP contribution is -2.47. The van der Waals surface area contributed by atoms with Gasteiger partial charge in [-0.1, -0.05) is 0 Å². The van der Waals surface area contributed by atoms with Crippen LogP contribution in [-0.2, 0) is 28.5 Å². The lowest BCUT2D eigenvalue weighted by Gasteiger charge is -2.31. The van der Waals surface area contributed by atoms with E-state index < -0.39 is 17.8 Å². The Balaban J connectivity index is 1.69. The lowest BCUT2D eigenvalue weighted by atomic mass is 9.84. The molecule has 35 heavy (non-hydrogen) atoms. The molecule has 0 radical (unpaired) electrons. The summed E-state index contributed by atoms with van der Waals surface area (Å²) in [5.74, 6) is -0.456. The van der Waals surface area contributed by atoms with Gasteiger partial charge < -0.3 is 15.4 Å². The average molecular weight is 486 g/mol. The van der Waals surface area contributed by atoms with Crippen molar-refractivity contribution in [2.45, 2.75) is 44.9 Å². The zero-order valence-corrected chi connectivity index (χ0v) is 19.1. The molecular weight excluding hydrogens is 461 g/mol. The number of nitrogens with zero attached hydrogens (tertiary/aromatic N) is 3. The largest absolute Gasteiger partial charge is 0.433 e. The van der Waals surface area contributed by atoms with E-state index in [1.807, 2.05) is 6.92 Å². The number of morpholine rings is 1. The molecule has 1 fully saturated rings. The molecule has 1 aliphatic carbocycles. The Hall–Kier alpha value is -3.47. The highest BCUT2D eigenvalue weighted by Gasteiger charge is 2.38. The molecule has 0 spiro atoms. The molecule has 5 rings (SSSR count). The van der Waals surface area contributed by atoms with E-state index in [1.165, 1.54) is 0 Å². The monoisotopic (exact) mass is 486 g/mol. The normalized spacial score (nSPS) is 18.5. The van der Waals surface area contributed by atoms with Crippen LogP contribution in [0.25, 0.3) is 22.2 Å². The highest BCUT2D eigenvalue weighted by molar-refractivity contribution is 6.47. The van der Waals surface area contributed by atoms with Crippen molar-refractivity contribution in [2.24, 2.45) is 0 Å². The number of amides is 1. The van der Waals surface area contributed by atoms with Crippen LogP contribution < -0.4 is 5.73 Å². The molecule has 1 aliphatic heterocycles. The number of rotatable bonds is 3. The number of fused-ring (bicyclic) bond motifs is 3. The Morgan fingerprint density at radius 2 is 2.00 bits per heavy atom. The summed E-state index contributed by atoms with van der Waals surface area (Å²) in [5.41, 5.74) is 7.64. The van der Waals surface area contributed by atoms with E-state index in [9.17, 15) is 18.0 Å². The molecule has 0 bridgehead atoms. The third kappa shape index (κ3) is 4.03. The molecule has 184 valence electrons. The van der Waals surface area contributed by atoms with Crippen LogP contribution in [0.1, 0.15) is 42.1 Å². The SMILES string of the molecule is CC1CN(C(=O)C(=N)c2c(N)ccc3nc(-c4cn[nH]c4C(F)(F)F)c4c(c23)CCCC4)CCO1. The van der Waals surface area contributed by atoms with Crippen molar-refractivity contribution in [3.8, 4) is 11.3 Å². The number of carbonyl (C=O) groups is 1. The molecule has 2 aliphatic rings. The van der Waals surface area contributed by atoms with Crippen LogP contribution in [0.15, 0.2) is 18.3 Å². The molecule has 8 nitrogen and oxygen atoms in total. The van der Waals surface area contributed by atoms with Crippen molar-refractivity contribution in [3.05, 3.63) is 40.7 Å².